The summed E-state index contributed by atoms with van der Waals surface area (Å²) in [5.41, 5.74) is 7.16. The molecule has 2 aromatic rings. The normalized spacial score (nSPS) is 14.9. The van der Waals surface area contributed by atoms with Crippen LogP contribution in [0, 0.1) is 0 Å². The van der Waals surface area contributed by atoms with Crippen molar-refractivity contribution >= 4 is 22.4 Å². The fraction of sp³-hybridized carbons (Fsp3) is 0.500. The molecular formula is C12H17N5S. The Bertz CT molecular complexity index is 501. The Balaban J connectivity index is 1.51. The molecule has 0 atom stereocenters. The fourth-order valence-electron chi connectivity index (χ4n) is 2.09. The SMILES string of the molecule is Nc1nsc(NCCCn2ccnc2)c1C1CC1. The average Bonchev–Trinajstić information content (AvgIpc) is 2.93. The Morgan fingerprint density at radius 3 is 3.11 bits per heavy atom. The maximum atomic E-state index is 5.91. The smallest absolute Gasteiger partial charge is 0.142 e. The molecule has 6 heteroatoms. The molecule has 0 saturated heterocycles. The van der Waals surface area contributed by atoms with E-state index in [2.05, 4.69) is 19.2 Å². The van der Waals surface area contributed by atoms with Crippen molar-refractivity contribution in [3.63, 3.8) is 0 Å². The third kappa shape index (κ3) is 2.48. The zero-order chi connectivity index (χ0) is 12.4. The van der Waals surface area contributed by atoms with E-state index in [1.165, 1.54) is 34.9 Å². The van der Waals surface area contributed by atoms with Gasteiger partial charge in [0.2, 0.25) is 0 Å². The van der Waals surface area contributed by atoms with Crippen LogP contribution in [0.4, 0.5) is 10.8 Å². The number of imidazole rings is 1. The van der Waals surface area contributed by atoms with Crippen molar-refractivity contribution in [1.82, 2.24) is 13.9 Å². The molecule has 1 fully saturated rings. The number of aromatic nitrogens is 3. The minimum absolute atomic E-state index is 0.653. The van der Waals surface area contributed by atoms with Crippen LogP contribution in [0.15, 0.2) is 18.7 Å². The summed E-state index contributed by atoms with van der Waals surface area (Å²) in [6.45, 7) is 1.93. The van der Waals surface area contributed by atoms with Gasteiger partial charge in [-0.25, -0.2) is 4.98 Å². The molecule has 0 unspecified atom stereocenters. The van der Waals surface area contributed by atoms with Crippen LogP contribution in [0.3, 0.4) is 0 Å². The van der Waals surface area contributed by atoms with Crippen molar-refractivity contribution < 1.29 is 0 Å². The number of aryl methyl sites for hydroxylation is 1. The average molecular weight is 263 g/mol. The first-order valence-electron chi connectivity index (χ1n) is 6.29. The number of nitrogens with one attached hydrogen (secondary N) is 1. The van der Waals surface area contributed by atoms with Crippen LogP contribution in [0.2, 0.25) is 0 Å². The molecule has 0 radical (unpaired) electrons. The lowest BCUT2D eigenvalue weighted by atomic mass is 10.2. The lowest BCUT2D eigenvalue weighted by molar-refractivity contribution is 0.661. The summed E-state index contributed by atoms with van der Waals surface area (Å²) in [7, 11) is 0. The third-order valence-electron chi connectivity index (χ3n) is 3.18. The first-order chi connectivity index (χ1) is 8.84. The van der Waals surface area contributed by atoms with Gasteiger partial charge in [0.05, 0.1) is 6.33 Å². The molecule has 1 saturated carbocycles. The van der Waals surface area contributed by atoms with E-state index in [0.29, 0.717) is 5.92 Å². The summed E-state index contributed by atoms with van der Waals surface area (Å²) in [5.74, 6) is 1.37. The van der Waals surface area contributed by atoms with Gasteiger partial charge in [0, 0.05) is 31.0 Å². The molecule has 0 spiro atoms. The highest BCUT2D eigenvalue weighted by Crippen LogP contribution is 2.47. The summed E-state index contributed by atoms with van der Waals surface area (Å²) in [5, 5.41) is 4.63. The molecule has 0 aliphatic heterocycles. The first kappa shape index (κ1) is 11.5. The Morgan fingerprint density at radius 2 is 2.39 bits per heavy atom. The maximum absolute atomic E-state index is 5.91. The zero-order valence-corrected chi connectivity index (χ0v) is 11.0. The van der Waals surface area contributed by atoms with Gasteiger partial charge in [-0.3, -0.25) is 0 Å². The van der Waals surface area contributed by atoms with Crippen LogP contribution < -0.4 is 11.1 Å². The molecule has 1 aliphatic rings. The predicted molar refractivity (Wildman–Crippen MR) is 73.8 cm³/mol. The zero-order valence-electron chi connectivity index (χ0n) is 10.2. The Morgan fingerprint density at radius 1 is 1.50 bits per heavy atom. The van der Waals surface area contributed by atoms with E-state index < -0.39 is 0 Å². The molecule has 18 heavy (non-hydrogen) atoms. The minimum Gasteiger partial charge on any atom is -0.383 e. The van der Waals surface area contributed by atoms with Crippen LogP contribution in [0.1, 0.15) is 30.7 Å². The molecule has 5 nitrogen and oxygen atoms in total. The van der Waals surface area contributed by atoms with Crippen LogP contribution in [0.5, 0.6) is 0 Å². The highest BCUT2D eigenvalue weighted by molar-refractivity contribution is 7.10. The molecule has 96 valence electrons. The topological polar surface area (TPSA) is 68.8 Å². The monoisotopic (exact) mass is 263 g/mol. The predicted octanol–water partition coefficient (Wildman–Crippen LogP) is 2.30. The lowest BCUT2D eigenvalue weighted by Crippen LogP contribution is -2.06. The van der Waals surface area contributed by atoms with Gasteiger partial charge in [-0.05, 0) is 36.7 Å². The van der Waals surface area contributed by atoms with Crippen LogP contribution in [0.25, 0.3) is 0 Å². The maximum Gasteiger partial charge on any atom is 0.142 e. The highest BCUT2D eigenvalue weighted by Gasteiger charge is 2.30. The number of anilines is 2. The van der Waals surface area contributed by atoms with E-state index in [-0.39, 0.29) is 0 Å². The van der Waals surface area contributed by atoms with Crippen molar-refractivity contribution in [2.75, 3.05) is 17.6 Å². The number of nitrogen functional groups attached to an aromatic ring is 1. The second-order valence-corrected chi connectivity index (χ2v) is 5.44. The minimum atomic E-state index is 0.653. The van der Waals surface area contributed by atoms with Gasteiger partial charge in [0.15, 0.2) is 0 Å². The lowest BCUT2D eigenvalue weighted by Gasteiger charge is -2.06. The van der Waals surface area contributed by atoms with Crippen LogP contribution >= 0.6 is 11.5 Å². The summed E-state index contributed by atoms with van der Waals surface area (Å²) in [4.78, 5) is 4.03. The number of nitrogens with two attached hydrogens (primary N) is 1. The highest BCUT2D eigenvalue weighted by atomic mass is 32.1. The van der Waals surface area contributed by atoms with Crippen LogP contribution in [-0.4, -0.2) is 20.5 Å². The van der Waals surface area contributed by atoms with E-state index >= 15 is 0 Å². The van der Waals surface area contributed by atoms with E-state index in [0.717, 1.165) is 25.3 Å². The standard InChI is InChI=1S/C12H17N5S/c13-11-10(9-2-3-9)12(18-16-11)15-4-1-6-17-7-5-14-8-17/h5,7-9,15H,1-4,6H2,(H2,13,16). The fourth-order valence-corrected chi connectivity index (χ4v) is 2.91. The van der Waals surface area contributed by atoms with Gasteiger partial charge in [0.1, 0.15) is 10.8 Å². The molecule has 1 aliphatic carbocycles. The first-order valence-corrected chi connectivity index (χ1v) is 7.06. The van der Waals surface area contributed by atoms with Crippen LogP contribution in [-0.2, 0) is 6.54 Å². The summed E-state index contributed by atoms with van der Waals surface area (Å²) in [6, 6.07) is 0. The Labute approximate surface area is 110 Å². The second-order valence-electron chi connectivity index (χ2n) is 4.67. The molecule has 0 aromatic carbocycles. The van der Waals surface area contributed by atoms with Crippen molar-refractivity contribution in [1.29, 1.82) is 0 Å². The number of hydrogen-bond acceptors (Lipinski definition) is 5. The molecule has 0 bridgehead atoms. The second kappa shape index (κ2) is 4.97. The number of rotatable bonds is 6. The van der Waals surface area contributed by atoms with Gasteiger partial charge >= 0.3 is 0 Å². The van der Waals surface area contributed by atoms with Crippen molar-refractivity contribution in [3.8, 4) is 0 Å². The van der Waals surface area contributed by atoms with Gasteiger partial charge < -0.3 is 15.6 Å². The molecule has 3 N–H and O–H groups in total. The Hall–Kier alpha value is -1.56. The molecule has 0 amide bonds. The molecule has 3 rings (SSSR count). The number of nitrogens with zero attached hydrogens (tertiary/aromatic N) is 3. The largest absolute Gasteiger partial charge is 0.383 e. The van der Waals surface area contributed by atoms with Gasteiger partial charge in [-0.1, -0.05) is 0 Å². The van der Waals surface area contributed by atoms with E-state index in [9.17, 15) is 0 Å². The summed E-state index contributed by atoms with van der Waals surface area (Å²) in [6.07, 6.45) is 9.22. The Kier molecular flexibility index (Phi) is 3.19. The van der Waals surface area contributed by atoms with E-state index in [1.807, 2.05) is 18.7 Å². The molecular weight excluding hydrogens is 246 g/mol. The van der Waals surface area contributed by atoms with Crippen molar-refractivity contribution in [3.05, 3.63) is 24.3 Å². The third-order valence-corrected chi connectivity index (χ3v) is 4.01. The van der Waals surface area contributed by atoms with Crippen molar-refractivity contribution in [2.45, 2.75) is 31.7 Å². The summed E-state index contributed by atoms with van der Waals surface area (Å²) >= 11 is 1.49. The van der Waals surface area contributed by atoms with Gasteiger partial charge in [-0.15, -0.1) is 0 Å². The van der Waals surface area contributed by atoms with Crippen molar-refractivity contribution in [2.24, 2.45) is 0 Å². The van der Waals surface area contributed by atoms with E-state index in [4.69, 9.17) is 5.73 Å². The van der Waals surface area contributed by atoms with E-state index in [1.54, 1.807) is 0 Å². The van der Waals surface area contributed by atoms with Gasteiger partial charge in [0.25, 0.3) is 0 Å². The molecule has 2 aromatic heterocycles. The van der Waals surface area contributed by atoms with Gasteiger partial charge in [-0.2, -0.15) is 4.37 Å². The molecule has 2 heterocycles. The quantitative estimate of drug-likeness (QED) is 0.785. The number of hydrogen-bond donors (Lipinski definition) is 2. The summed E-state index contributed by atoms with van der Waals surface area (Å²) < 4.78 is 6.34.